The molecule has 5 nitrogen and oxygen atoms in total. The number of benzene rings is 3. The summed E-state index contributed by atoms with van der Waals surface area (Å²) in [5.74, 6) is 1.17. The minimum Gasteiger partial charge on any atom is -0.496 e. The molecule has 0 amide bonds. The van der Waals surface area contributed by atoms with E-state index in [2.05, 4.69) is 0 Å². The molecule has 0 spiro atoms. The van der Waals surface area contributed by atoms with E-state index in [1.807, 2.05) is 18.2 Å². The summed E-state index contributed by atoms with van der Waals surface area (Å²) in [5.41, 5.74) is 1.01. The van der Waals surface area contributed by atoms with Crippen LogP contribution in [0.1, 0.15) is 16.4 Å². The Kier molecular flexibility index (Phi) is 5.90. The number of hydrogen-bond acceptors (Lipinski definition) is 5. The van der Waals surface area contributed by atoms with Crippen LogP contribution in [-0.4, -0.2) is 29.7 Å². The Hall–Kier alpha value is -2.99. The van der Waals surface area contributed by atoms with Crippen molar-refractivity contribution in [3.63, 3.8) is 0 Å². The molecule has 0 bridgehead atoms. The molecule has 28 heavy (non-hydrogen) atoms. The van der Waals surface area contributed by atoms with Crippen molar-refractivity contribution in [2.24, 2.45) is 0 Å². The van der Waals surface area contributed by atoms with Crippen LogP contribution < -0.4 is 14.2 Å². The molecule has 6 heteroatoms. The maximum absolute atomic E-state index is 13.7. The number of rotatable bonds is 7. The van der Waals surface area contributed by atoms with Gasteiger partial charge in [-0.3, -0.25) is 0 Å². The van der Waals surface area contributed by atoms with Gasteiger partial charge in [0.15, 0.2) is 21.3 Å². The van der Waals surface area contributed by atoms with Crippen LogP contribution >= 0.6 is 0 Å². The largest absolute Gasteiger partial charge is 0.496 e. The minimum absolute atomic E-state index is 0.218. The summed E-state index contributed by atoms with van der Waals surface area (Å²) < 4.78 is 43.9. The average Bonchev–Trinajstić information content (AvgIpc) is 2.74. The van der Waals surface area contributed by atoms with Gasteiger partial charge in [-0.2, -0.15) is 0 Å². The first-order valence-corrected chi connectivity index (χ1v) is 10.2. The van der Waals surface area contributed by atoms with E-state index in [1.54, 1.807) is 54.6 Å². The number of ether oxygens (including phenoxy) is 3. The predicted octanol–water partition coefficient (Wildman–Crippen LogP) is 4.28. The lowest BCUT2D eigenvalue weighted by Crippen LogP contribution is -2.17. The SMILES string of the molecule is COc1ccc(OC)c(C(c2ccccc2)S(=O)(=O)c2ccccc2)c1OC. The van der Waals surface area contributed by atoms with Crippen LogP contribution in [0.15, 0.2) is 77.7 Å². The molecule has 0 aliphatic heterocycles. The maximum atomic E-state index is 13.7. The molecule has 0 aliphatic carbocycles. The number of sulfone groups is 1. The second-order valence-electron chi connectivity index (χ2n) is 6.07. The van der Waals surface area contributed by atoms with Crippen LogP contribution in [0.25, 0.3) is 0 Å². The van der Waals surface area contributed by atoms with Crippen molar-refractivity contribution < 1.29 is 22.6 Å². The average molecular weight is 398 g/mol. The Morgan fingerprint density at radius 1 is 0.679 bits per heavy atom. The van der Waals surface area contributed by atoms with E-state index < -0.39 is 15.1 Å². The second kappa shape index (κ2) is 8.35. The summed E-state index contributed by atoms with van der Waals surface area (Å²) in [6.07, 6.45) is 0. The van der Waals surface area contributed by atoms with Gasteiger partial charge in [-0.25, -0.2) is 8.42 Å². The first kappa shape index (κ1) is 19.8. The fourth-order valence-corrected chi connectivity index (χ4v) is 5.09. The number of methoxy groups -OCH3 is 3. The van der Waals surface area contributed by atoms with E-state index in [0.29, 0.717) is 28.4 Å². The first-order valence-electron chi connectivity index (χ1n) is 8.67. The summed E-state index contributed by atoms with van der Waals surface area (Å²) in [5, 5.41) is -1.03. The smallest absolute Gasteiger partial charge is 0.189 e. The summed E-state index contributed by atoms with van der Waals surface area (Å²) in [7, 11) is 0.684. The van der Waals surface area contributed by atoms with Gasteiger partial charge in [0.1, 0.15) is 11.0 Å². The highest BCUT2D eigenvalue weighted by atomic mass is 32.2. The molecule has 0 radical (unpaired) electrons. The van der Waals surface area contributed by atoms with Crippen molar-refractivity contribution in [2.75, 3.05) is 21.3 Å². The Balaban J connectivity index is 2.37. The standard InChI is InChI=1S/C22H22O5S/c1-25-18-14-15-19(26-2)21(27-3)20(18)22(16-10-6-4-7-11-16)28(23,24)17-12-8-5-9-13-17/h4-15,22H,1-3H3. The van der Waals surface area contributed by atoms with Gasteiger partial charge in [0, 0.05) is 0 Å². The van der Waals surface area contributed by atoms with Crippen LogP contribution in [0, 0.1) is 0 Å². The van der Waals surface area contributed by atoms with Crippen molar-refractivity contribution in [3.8, 4) is 17.2 Å². The molecule has 3 aromatic rings. The van der Waals surface area contributed by atoms with Gasteiger partial charge in [-0.15, -0.1) is 0 Å². The molecule has 0 heterocycles. The van der Waals surface area contributed by atoms with Gasteiger partial charge in [-0.05, 0) is 29.8 Å². The van der Waals surface area contributed by atoms with Gasteiger partial charge in [-0.1, -0.05) is 48.5 Å². The van der Waals surface area contributed by atoms with Gasteiger partial charge in [0.2, 0.25) is 0 Å². The number of hydrogen-bond donors (Lipinski definition) is 0. The summed E-state index contributed by atoms with van der Waals surface area (Å²) >= 11 is 0. The lowest BCUT2D eigenvalue weighted by Gasteiger charge is -2.24. The normalized spacial score (nSPS) is 12.2. The molecule has 0 aromatic heterocycles. The predicted molar refractivity (Wildman–Crippen MR) is 108 cm³/mol. The van der Waals surface area contributed by atoms with Crippen molar-refractivity contribution in [2.45, 2.75) is 10.1 Å². The Labute approximate surface area is 165 Å². The van der Waals surface area contributed by atoms with Crippen molar-refractivity contribution in [1.82, 2.24) is 0 Å². The van der Waals surface area contributed by atoms with Gasteiger partial charge in [0.25, 0.3) is 0 Å². The molecule has 0 aliphatic rings. The molecular formula is C22H22O5S. The molecule has 146 valence electrons. The highest BCUT2D eigenvalue weighted by Gasteiger charge is 2.36. The van der Waals surface area contributed by atoms with E-state index in [-0.39, 0.29) is 4.90 Å². The van der Waals surface area contributed by atoms with Crippen molar-refractivity contribution in [1.29, 1.82) is 0 Å². The highest BCUT2D eigenvalue weighted by Crippen LogP contribution is 2.47. The molecule has 3 rings (SSSR count). The second-order valence-corrected chi connectivity index (χ2v) is 8.10. The lowest BCUT2D eigenvalue weighted by atomic mass is 10.0. The Morgan fingerprint density at radius 2 is 1.21 bits per heavy atom. The van der Waals surface area contributed by atoms with Gasteiger partial charge in [0.05, 0.1) is 31.8 Å². The molecule has 0 saturated carbocycles. The van der Waals surface area contributed by atoms with Crippen molar-refractivity contribution >= 4 is 9.84 Å². The Bertz CT molecular complexity index is 1030. The fraction of sp³-hybridized carbons (Fsp3) is 0.182. The van der Waals surface area contributed by atoms with Crippen LogP contribution in [-0.2, 0) is 9.84 Å². The quantitative estimate of drug-likeness (QED) is 0.595. The van der Waals surface area contributed by atoms with E-state index >= 15 is 0 Å². The zero-order chi connectivity index (χ0) is 20.1. The molecule has 0 fully saturated rings. The highest BCUT2D eigenvalue weighted by molar-refractivity contribution is 7.92. The molecular weight excluding hydrogens is 376 g/mol. The van der Waals surface area contributed by atoms with Crippen LogP contribution in [0.4, 0.5) is 0 Å². The summed E-state index contributed by atoms with van der Waals surface area (Å²) in [6, 6.07) is 20.8. The van der Waals surface area contributed by atoms with Gasteiger partial charge >= 0.3 is 0 Å². The monoisotopic (exact) mass is 398 g/mol. The zero-order valence-electron chi connectivity index (χ0n) is 16.0. The third-order valence-electron chi connectivity index (χ3n) is 4.51. The molecule has 3 aromatic carbocycles. The van der Waals surface area contributed by atoms with Crippen LogP contribution in [0.3, 0.4) is 0 Å². The van der Waals surface area contributed by atoms with E-state index in [4.69, 9.17) is 14.2 Å². The Morgan fingerprint density at radius 3 is 1.75 bits per heavy atom. The van der Waals surface area contributed by atoms with Crippen molar-refractivity contribution in [3.05, 3.63) is 83.9 Å². The van der Waals surface area contributed by atoms with Crippen LogP contribution in [0.2, 0.25) is 0 Å². The maximum Gasteiger partial charge on any atom is 0.189 e. The zero-order valence-corrected chi connectivity index (χ0v) is 16.8. The van der Waals surface area contributed by atoms with E-state index in [9.17, 15) is 8.42 Å². The van der Waals surface area contributed by atoms with E-state index in [1.165, 1.54) is 21.3 Å². The van der Waals surface area contributed by atoms with Crippen LogP contribution in [0.5, 0.6) is 17.2 Å². The molecule has 1 unspecified atom stereocenters. The molecule has 1 atom stereocenters. The summed E-state index contributed by atoms with van der Waals surface area (Å²) in [6.45, 7) is 0. The first-order chi connectivity index (χ1) is 13.5. The van der Waals surface area contributed by atoms with Gasteiger partial charge < -0.3 is 14.2 Å². The third-order valence-corrected chi connectivity index (χ3v) is 6.57. The van der Waals surface area contributed by atoms with E-state index in [0.717, 1.165) is 0 Å². The topological polar surface area (TPSA) is 61.8 Å². The minimum atomic E-state index is -3.81. The molecule has 0 N–H and O–H groups in total. The third kappa shape index (κ3) is 3.55. The fourth-order valence-electron chi connectivity index (χ4n) is 3.23. The lowest BCUT2D eigenvalue weighted by molar-refractivity contribution is 0.344. The molecule has 0 saturated heterocycles. The summed E-state index contributed by atoms with van der Waals surface area (Å²) in [4.78, 5) is 0.218.